The van der Waals surface area contributed by atoms with E-state index < -0.39 is 0 Å². The summed E-state index contributed by atoms with van der Waals surface area (Å²) < 4.78 is 2.14. The molecule has 0 saturated heterocycles. The summed E-state index contributed by atoms with van der Waals surface area (Å²) in [5.74, 6) is 0. The lowest BCUT2D eigenvalue weighted by molar-refractivity contribution is 0.275. The average molecular weight is 251 g/mol. The molecule has 1 aromatic rings. The molecule has 0 amide bonds. The molecule has 1 heterocycles. The Morgan fingerprint density at radius 3 is 2.50 bits per heavy atom. The Morgan fingerprint density at radius 2 is 1.89 bits per heavy atom. The van der Waals surface area contributed by atoms with Gasteiger partial charge in [0.05, 0.1) is 11.7 Å². The minimum atomic E-state index is 0.621. The fourth-order valence-corrected chi connectivity index (χ4v) is 2.70. The summed E-state index contributed by atoms with van der Waals surface area (Å²) >= 11 is 0. The first-order valence-electron chi connectivity index (χ1n) is 7.00. The summed E-state index contributed by atoms with van der Waals surface area (Å²) in [5.41, 5.74) is 12.3. The fraction of sp³-hybridized carbons (Fsp3) is 0.769. The normalized spacial score (nSPS) is 16.8. The van der Waals surface area contributed by atoms with E-state index in [0.717, 1.165) is 25.3 Å². The van der Waals surface area contributed by atoms with Gasteiger partial charge >= 0.3 is 0 Å². The number of nitrogens with two attached hydrogens (primary N) is 2. The number of aromatic nitrogens is 2. The van der Waals surface area contributed by atoms with Crippen molar-refractivity contribution >= 4 is 0 Å². The molecule has 0 atom stereocenters. The molecule has 4 N–H and O–H groups in total. The van der Waals surface area contributed by atoms with Crippen LogP contribution in [0, 0.1) is 0 Å². The van der Waals surface area contributed by atoms with Crippen molar-refractivity contribution in [3.8, 4) is 0 Å². The third kappa shape index (κ3) is 3.54. The molecule has 5 nitrogen and oxygen atoms in total. The van der Waals surface area contributed by atoms with Crippen molar-refractivity contribution in [3.63, 3.8) is 0 Å². The second-order valence-electron chi connectivity index (χ2n) is 5.08. The van der Waals surface area contributed by atoms with Crippen LogP contribution in [0.15, 0.2) is 12.3 Å². The quantitative estimate of drug-likeness (QED) is 0.749. The van der Waals surface area contributed by atoms with Gasteiger partial charge in [-0.15, -0.1) is 0 Å². The summed E-state index contributed by atoms with van der Waals surface area (Å²) in [4.78, 5) is 2.27. The molecule has 0 bridgehead atoms. The molecule has 18 heavy (non-hydrogen) atoms. The summed E-state index contributed by atoms with van der Waals surface area (Å²) in [5, 5.41) is 4.69. The third-order valence-corrected chi connectivity index (χ3v) is 3.64. The van der Waals surface area contributed by atoms with Gasteiger partial charge in [-0.25, -0.2) is 0 Å². The van der Waals surface area contributed by atoms with Crippen molar-refractivity contribution in [1.82, 2.24) is 14.7 Å². The molecular formula is C13H25N5. The third-order valence-electron chi connectivity index (χ3n) is 3.64. The number of rotatable bonds is 7. The maximum Gasteiger partial charge on any atom is 0.0764 e. The minimum absolute atomic E-state index is 0.621. The molecule has 0 radical (unpaired) electrons. The monoisotopic (exact) mass is 251 g/mol. The summed E-state index contributed by atoms with van der Waals surface area (Å²) in [7, 11) is 0. The van der Waals surface area contributed by atoms with Crippen molar-refractivity contribution in [3.05, 3.63) is 18.0 Å². The minimum Gasteiger partial charge on any atom is -0.329 e. The van der Waals surface area contributed by atoms with Crippen LogP contribution >= 0.6 is 0 Å². The van der Waals surface area contributed by atoms with Crippen molar-refractivity contribution in [2.24, 2.45) is 11.5 Å². The molecule has 5 heteroatoms. The highest BCUT2D eigenvalue weighted by molar-refractivity contribution is 5.00. The van der Waals surface area contributed by atoms with Crippen LogP contribution in [-0.2, 0) is 6.54 Å². The van der Waals surface area contributed by atoms with E-state index in [9.17, 15) is 0 Å². The van der Waals surface area contributed by atoms with Crippen molar-refractivity contribution in [2.75, 3.05) is 26.2 Å². The van der Waals surface area contributed by atoms with E-state index in [4.69, 9.17) is 11.5 Å². The highest BCUT2D eigenvalue weighted by Crippen LogP contribution is 2.28. The Morgan fingerprint density at radius 1 is 1.22 bits per heavy atom. The van der Waals surface area contributed by atoms with E-state index in [2.05, 4.69) is 26.9 Å². The molecule has 0 aliphatic heterocycles. The molecular weight excluding hydrogens is 226 g/mol. The van der Waals surface area contributed by atoms with Gasteiger partial charge in [0.25, 0.3) is 0 Å². The summed E-state index contributed by atoms with van der Waals surface area (Å²) in [6, 6.07) is 2.74. The first-order valence-corrected chi connectivity index (χ1v) is 7.00. The summed E-state index contributed by atoms with van der Waals surface area (Å²) in [6.07, 6.45) is 7.35. The lowest BCUT2D eigenvalue weighted by Crippen LogP contribution is -2.33. The smallest absolute Gasteiger partial charge is 0.0764 e. The highest BCUT2D eigenvalue weighted by Gasteiger charge is 2.17. The van der Waals surface area contributed by atoms with Gasteiger partial charge in [0, 0.05) is 38.9 Å². The molecule has 102 valence electrons. The fourth-order valence-electron chi connectivity index (χ4n) is 2.70. The van der Waals surface area contributed by atoms with Gasteiger partial charge in [0.2, 0.25) is 0 Å². The van der Waals surface area contributed by atoms with Crippen molar-refractivity contribution < 1.29 is 0 Å². The Labute approximate surface area is 109 Å². The van der Waals surface area contributed by atoms with Crippen LogP contribution in [0.2, 0.25) is 0 Å². The van der Waals surface area contributed by atoms with E-state index in [0.29, 0.717) is 19.1 Å². The predicted octanol–water partition coefficient (Wildman–Crippen LogP) is 0.718. The largest absolute Gasteiger partial charge is 0.329 e. The zero-order chi connectivity index (χ0) is 12.8. The van der Waals surface area contributed by atoms with E-state index >= 15 is 0 Å². The number of nitrogens with zero attached hydrogens (tertiary/aromatic N) is 3. The maximum atomic E-state index is 5.61. The van der Waals surface area contributed by atoms with E-state index in [1.165, 1.54) is 25.7 Å². The van der Waals surface area contributed by atoms with Crippen molar-refractivity contribution in [2.45, 2.75) is 38.3 Å². The van der Waals surface area contributed by atoms with E-state index in [1.807, 2.05) is 0 Å². The second-order valence-corrected chi connectivity index (χ2v) is 5.08. The Balaban J connectivity index is 1.91. The Hall–Kier alpha value is -0.910. The van der Waals surface area contributed by atoms with Gasteiger partial charge in [0.15, 0.2) is 0 Å². The lowest BCUT2D eigenvalue weighted by Gasteiger charge is -2.19. The first-order chi connectivity index (χ1) is 8.83. The van der Waals surface area contributed by atoms with Crippen LogP contribution in [0.3, 0.4) is 0 Å². The van der Waals surface area contributed by atoms with Crippen LogP contribution in [-0.4, -0.2) is 40.9 Å². The molecule has 2 rings (SSSR count). The second kappa shape index (κ2) is 6.87. The van der Waals surface area contributed by atoms with Crippen LogP contribution in [0.4, 0.5) is 0 Å². The molecule has 0 aromatic carbocycles. The van der Waals surface area contributed by atoms with Crippen LogP contribution < -0.4 is 11.5 Å². The van der Waals surface area contributed by atoms with Crippen LogP contribution in [0.1, 0.15) is 37.4 Å². The van der Waals surface area contributed by atoms with Gasteiger partial charge in [-0.1, -0.05) is 12.8 Å². The molecule has 1 aromatic heterocycles. The van der Waals surface area contributed by atoms with Crippen LogP contribution in [0.25, 0.3) is 0 Å². The van der Waals surface area contributed by atoms with Gasteiger partial charge < -0.3 is 11.5 Å². The highest BCUT2D eigenvalue weighted by atomic mass is 15.3. The first kappa shape index (κ1) is 13.5. The van der Waals surface area contributed by atoms with E-state index in [1.54, 1.807) is 0 Å². The SMILES string of the molecule is NCCN(CCN)Cc1ccn(C2CCCC2)n1. The number of hydrogen-bond acceptors (Lipinski definition) is 4. The average Bonchev–Trinajstić information content (AvgIpc) is 2.98. The predicted molar refractivity (Wildman–Crippen MR) is 73.1 cm³/mol. The molecule has 1 saturated carbocycles. The van der Waals surface area contributed by atoms with Gasteiger partial charge in [0.1, 0.15) is 0 Å². The van der Waals surface area contributed by atoms with Gasteiger partial charge in [-0.3, -0.25) is 9.58 Å². The van der Waals surface area contributed by atoms with Crippen LogP contribution in [0.5, 0.6) is 0 Å². The standard InChI is InChI=1S/C13H25N5/c14-6-9-17(10-7-15)11-12-5-8-18(16-12)13-3-1-2-4-13/h5,8,13H,1-4,6-7,9-11,14-15H2. The Kier molecular flexibility index (Phi) is 5.16. The van der Waals surface area contributed by atoms with Crippen molar-refractivity contribution in [1.29, 1.82) is 0 Å². The van der Waals surface area contributed by atoms with Gasteiger partial charge in [-0.05, 0) is 18.9 Å². The molecule has 1 aliphatic rings. The van der Waals surface area contributed by atoms with Gasteiger partial charge in [-0.2, -0.15) is 5.10 Å². The lowest BCUT2D eigenvalue weighted by atomic mass is 10.3. The molecule has 1 fully saturated rings. The maximum absolute atomic E-state index is 5.61. The summed E-state index contributed by atoms with van der Waals surface area (Å²) in [6.45, 7) is 3.96. The molecule has 0 unspecified atom stereocenters. The zero-order valence-electron chi connectivity index (χ0n) is 11.1. The molecule has 0 spiro atoms. The molecule has 1 aliphatic carbocycles. The topological polar surface area (TPSA) is 73.1 Å². The van der Waals surface area contributed by atoms with E-state index in [-0.39, 0.29) is 0 Å². The number of hydrogen-bond donors (Lipinski definition) is 2. The Bertz CT molecular complexity index is 337. The zero-order valence-corrected chi connectivity index (χ0v) is 11.1.